The van der Waals surface area contributed by atoms with E-state index in [1.165, 1.54) is 10.4 Å². The monoisotopic (exact) mass is 507 g/mol. The third-order valence-corrected chi connectivity index (χ3v) is 6.98. The van der Waals surface area contributed by atoms with Crippen LogP contribution in [0.2, 0.25) is 5.02 Å². The summed E-state index contributed by atoms with van der Waals surface area (Å²) in [4.78, 5) is 16.3. The van der Waals surface area contributed by atoms with Gasteiger partial charge in [0.05, 0.1) is 17.1 Å². The first kappa shape index (κ1) is 24.3. The highest BCUT2D eigenvalue weighted by molar-refractivity contribution is 7.92. The van der Waals surface area contributed by atoms with Crippen molar-refractivity contribution in [1.29, 1.82) is 0 Å². The van der Waals surface area contributed by atoms with Crippen molar-refractivity contribution in [1.82, 2.24) is 4.98 Å². The molecule has 1 heterocycles. The topological polar surface area (TPSA) is 88.6 Å². The van der Waals surface area contributed by atoms with Crippen molar-refractivity contribution in [3.05, 3.63) is 114 Å². The molecule has 0 spiro atoms. The SMILES string of the molecule is O=C(COc1cc(Cl)cc(N(Cc2ccccc2)S(=O)(=O)c2ccccc2)c1)Nc1ccncc1. The zero-order valence-electron chi connectivity index (χ0n) is 18.5. The van der Waals surface area contributed by atoms with E-state index >= 15 is 0 Å². The van der Waals surface area contributed by atoms with E-state index in [1.54, 1.807) is 67.0 Å². The van der Waals surface area contributed by atoms with E-state index in [0.29, 0.717) is 11.4 Å². The maximum atomic E-state index is 13.6. The van der Waals surface area contributed by atoms with Crippen molar-refractivity contribution in [3.63, 3.8) is 0 Å². The van der Waals surface area contributed by atoms with Crippen LogP contribution in [0.4, 0.5) is 11.4 Å². The molecule has 0 saturated carbocycles. The smallest absolute Gasteiger partial charge is 0.264 e. The van der Waals surface area contributed by atoms with E-state index in [1.807, 2.05) is 30.3 Å². The van der Waals surface area contributed by atoms with Gasteiger partial charge in [0.25, 0.3) is 15.9 Å². The van der Waals surface area contributed by atoms with Crippen molar-refractivity contribution in [2.75, 3.05) is 16.2 Å². The van der Waals surface area contributed by atoms with Crippen LogP contribution in [-0.4, -0.2) is 25.9 Å². The number of rotatable bonds is 9. The highest BCUT2D eigenvalue weighted by atomic mass is 35.5. The second kappa shape index (κ2) is 11.0. The lowest BCUT2D eigenvalue weighted by atomic mass is 10.2. The summed E-state index contributed by atoms with van der Waals surface area (Å²) in [6, 6.07) is 25.4. The molecule has 0 aliphatic heterocycles. The molecule has 4 aromatic rings. The molecule has 3 aromatic carbocycles. The first-order valence-corrected chi connectivity index (χ1v) is 12.5. The second-order valence-electron chi connectivity index (χ2n) is 7.53. The molecule has 0 unspecified atom stereocenters. The van der Waals surface area contributed by atoms with Crippen LogP contribution in [0.25, 0.3) is 0 Å². The fraction of sp³-hybridized carbons (Fsp3) is 0.0769. The number of aromatic nitrogens is 1. The van der Waals surface area contributed by atoms with Gasteiger partial charge in [0.2, 0.25) is 0 Å². The van der Waals surface area contributed by atoms with E-state index < -0.39 is 10.0 Å². The van der Waals surface area contributed by atoms with Crippen molar-refractivity contribution in [3.8, 4) is 5.75 Å². The predicted molar refractivity (Wildman–Crippen MR) is 136 cm³/mol. The van der Waals surface area contributed by atoms with Crippen LogP contribution in [0, 0.1) is 0 Å². The third-order valence-electron chi connectivity index (χ3n) is 4.98. The molecule has 0 aliphatic carbocycles. The summed E-state index contributed by atoms with van der Waals surface area (Å²) in [5, 5.41) is 2.97. The minimum Gasteiger partial charge on any atom is -0.484 e. The number of carbonyl (C=O) groups is 1. The molecule has 0 bridgehead atoms. The largest absolute Gasteiger partial charge is 0.484 e. The molecule has 4 rings (SSSR count). The predicted octanol–water partition coefficient (Wildman–Crippen LogP) is 5.15. The summed E-state index contributed by atoms with van der Waals surface area (Å²) < 4.78 is 34.1. The van der Waals surface area contributed by atoms with Gasteiger partial charge in [-0.05, 0) is 42.0 Å². The Hall–Kier alpha value is -3.88. The lowest BCUT2D eigenvalue weighted by molar-refractivity contribution is -0.118. The normalized spacial score (nSPS) is 11.0. The number of nitrogens with one attached hydrogen (secondary N) is 1. The third kappa shape index (κ3) is 6.38. The van der Waals surface area contributed by atoms with Crippen LogP contribution < -0.4 is 14.4 Å². The Morgan fingerprint density at radius 2 is 1.57 bits per heavy atom. The molecule has 1 N–H and O–H groups in total. The minimum atomic E-state index is -3.92. The average molecular weight is 508 g/mol. The molecule has 0 atom stereocenters. The van der Waals surface area contributed by atoms with E-state index in [2.05, 4.69) is 10.3 Å². The molecule has 178 valence electrons. The van der Waals surface area contributed by atoms with Gasteiger partial charge in [-0.25, -0.2) is 8.42 Å². The van der Waals surface area contributed by atoms with Crippen LogP contribution in [-0.2, 0) is 21.4 Å². The summed E-state index contributed by atoms with van der Waals surface area (Å²) >= 11 is 6.33. The molecular formula is C26H22ClN3O4S. The van der Waals surface area contributed by atoms with Crippen LogP contribution in [0.1, 0.15) is 5.56 Å². The fourth-order valence-corrected chi connectivity index (χ4v) is 5.02. The highest BCUT2D eigenvalue weighted by Gasteiger charge is 2.26. The van der Waals surface area contributed by atoms with Gasteiger partial charge in [-0.15, -0.1) is 0 Å². The number of pyridine rings is 1. The summed E-state index contributed by atoms with van der Waals surface area (Å²) in [5.41, 5.74) is 1.70. The van der Waals surface area contributed by atoms with Crippen molar-refractivity contribution >= 4 is 38.9 Å². The Morgan fingerprint density at radius 3 is 2.26 bits per heavy atom. The molecule has 0 radical (unpaired) electrons. The Bertz CT molecular complexity index is 1390. The van der Waals surface area contributed by atoms with Gasteiger partial charge in [0.15, 0.2) is 6.61 Å². The van der Waals surface area contributed by atoms with E-state index in [4.69, 9.17) is 16.3 Å². The molecule has 1 amide bonds. The van der Waals surface area contributed by atoms with E-state index in [-0.39, 0.29) is 34.7 Å². The molecule has 0 aliphatic rings. The number of ether oxygens (including phenoxy) is 1. The molecule has 9 heteroatoms. The Balaban J connectivity index is 1.61. The summed E-state index contributed by atoms with van der Waals surface area (Å²) in [5.74, 6) is -0.116. The average Bonchev–Trinajstić information content (AvgIpc) is 2.87. The number of carbonyl (C=O) groups excluding carboxylic acids is 1. The standard InChI is InChI=1S/C26H22ClN3O4S/c27-21-15-23(17-24(16-21)34-19-26(31)29-22-11-13-28-14-12-22)30(18-20-7-3-1-4-8-20)35(32,33)25-9-5-2-6-10-25/h1-17H,18-19H2,(H,28,29,31). The van der Waals surface area contributed by atoms with Gasteiger partial charge in [-0.2, -0.15) is 0 Å². The van der Waals surface area contributed by atoms with Crippen LogP contribution in [0.5, 0.6) is 5.75 Å². The van der Waals surface area contributed by atoms with Gasteiger partial charge < -0.3 is 10.1 Å². The summed E-state index contributed by atoms with van der Waals surface area (Å²) in [6.45, 7) is -0.202. The lowest BCUT2D eigenvalue weighted by Crippen LogP contribution is -2.30. The summed E-state index contributed by atoms with van der Waals surface area (Å²) in [7, 11) is -3.92. The number of halogens is 1. The quantitative estimate of drug-likeness (QED) is 0.338. The summed E-state index contributed by atoms with van der Waals surface area (Å²) in [6.07, 6.45) is 3.13. The maximum Gasteiger partial charge on any atom is 0.264 e. The van der Waals surface area contributed by atoms with Crippen molar-refractivity contribution in [2.45, 2.75) is 11.4 Å². The Morgan fingerprint density at radius 1 is 0.914 bits per heavy atom. The first-order valence-electron chi connectivity index (χ1n) is 10.7. The Labute approximate surface area is 209 Å². The number of amides is 1. The molecule has 0 saturated heterocycles. The van der Waals surface area contributed by atoms with Gasteiger partial charge in [-0.1, -0.05) is 60.1 Å². The highest BCUT2D eigenvalue weighted by Crippen LogP contribution is 2.32. The van der Waals surface area contributed by atoms with E-state index in [9.17, 15) is 13.2 Å². The minimum absolute atomic E-state index is 0.0837. The molecule has 35 heavy (non-hydrogen) atoms. The zero-order valence-corrected chi connectivity index (χ0v) is 20.1. The van der Waals surface area contributed by atoms with Crippen molar-refractivity contribution in [2.24, 2.45) is 0 Å². The number of nitrogens with zero attached hydrogens (tertiary/aromatic N) is 2. The maximum absolute atomic E-state index is 13.6. The van der Waals surface area contributed by atoms with Gasteiger partial charge in [-0.3, -0.25) is 14.1 Å². The van der Waals surface area contributed by atoms with Gasteiger partial charge in [0.1, 0.15) is 5.75 Å². The molecule has 0 fully saturated rings. The fourth-order valence-electron chi connectivity index (χ4n) is 3.34. The Kier molecular flexibility index (Phi) is 7.64. The van der Waals surface area contributed by atoms with Crippen LogP contribution >= 0.6 is 11.6 Å². The zero-order chi connectivity index (χ0) is 24.7. The number of hydrogen-bond donors (Lipinski definition) is 1. The van der Waals surface area contributed by atoms with Crippen LogP contribution in [0.15, 0.2) is 108 Å². The number of anilines is 2. The number of sulfonamides is 1. The van der Waals surface area contributed by atoms with Crippen LogP contribution in [0.3, 0.4) is 0 Å². The lowest BCUT2D eigenvalue weighted by Gasteiger charge is -2.25. The van der Waals surface area contributed by atoms with Gasteiger partial charge in [0, 0.05) is 29.2 Å². The second-order valence-corrected chi connectivity index (χ2v) is 9.83. The first-order chi connectivity index (χ1) is 16.9. The van der Waals surface area contributed by atoms with Gasteiger partial charge >= 0.3 is 0 Å². The molecule has 1 aromatic heterocycles. The number of benzene rings is 3. The van der Waals surface area contributed by atoms with Crippen molar-refractivity contribution < 1.29 is 17.9 Å². The molecular weight excluding hydrogens is 486 g/mol. The number of hydrogen-bond acceptors (Lipinski definition) is 5. The molecule has 7 nitrogen and oxygen atoms in total. The van der Waals surface area contributed by atoms with E-state index in [0.717, 1.165) is 5.56 Å².